The van der Waals surface area contributed by atoms with Crippen LogP contribution in [0.3, 0.4) is 0 Å². The molecule has 3 aromatic rings. The lowest BCUT2D eigenvalue weighted by Gasteiger charge is -2.33. The maximum absolute atomic E-state index is 14.0. The van der Waals surface area contributed by atoms with Crippen LogP contribution in [-0.2, 0) is 32.8 Å². The van der Waals surface area contributed by atoms with Gasteiger partial charge in [0, 0.05) is 12.6 Å². The Kier molecular flexibility index (Phi) is 11.3. The van der Waals surface area contributed by atoms with Gasteiger partial charge in [0.1, 0.15) is 24.9 Å². The standard InChI is InChI=1S/C32H37Cl2N3O5S/c1-3-30(32(39)35-25-11-7-8-12-25)36(20-24-13-18-28(33)29(34)19-24)31(38)21-37(43(2,40)41)26-14-16-27(17-15-26)42-22-23-9-5-4-6-10-23/h4-6,9-10,13-19,25,30H,3,7-8,11-12,20-22H2,1-2H3,(H,35,39)/t30-/m0/s1. The third-order valence-electron chi connectivity index (χ3n) is 7.48. The highest BCUT2D eigenvalue weighted by Crippen LogP contribution is 2.26. The fourth-order valence-corrected chi connectivity index (χ4v) is 6.36. The van der Waals surface area contributed by atoms with Crippen molar-refractivity contribution in [1.29, 1.82) is 0 Å². The fourth-order valence-electron chi connectivity index (χ4n) is 5.18. The van der Waals surface area contributed by atoms with E-state index < -0.39 is 28.5 Å². The van der Waals surface area contributed by atoms with Crippen molar-refractivity contribution in [3.8, 4) is 5.75 Å². The summed E-state index contributed by atoms with van der Waals surface area (Å²) in [6.07, 6.45) is 5.29. The zero-order valence-electron chi connectivity index (χ0n) is 24.3. The van der Waals surface area contributed by atoms with Crippen molar-refractivity contribution in [2.45, 2.75) is 64.3 Å². The van der Waals surface area contributed by atoms with E-state index in [1.807, 2.05) is 37.3 Å². The number of nitrogens with zero attached hydrogens (tertiary/aromatic N) is 2. The van der Waals surface area contributed by atoms with Gasteiger partial charge in [0.2, 0.25) is 21.8 Å². The molecule has 1 saturated carbocycles. The zero-order valence-corrected chi connectivity index (χ0v) is 26.7. The highest BCUT2D eigenvalue weighted by molar-refractivity contribution is 7.92. The number of hydrogen-bond donors (Lipinski definition) is 1. The number of benzene rings is 3. The summed E-state index contributed by atoms with van der Waals surface area (Å²) in [6, 6.07) is 20.5. The molecule has 0 aliphatic heterocycles. The lowest BCUT2D eigenvalue weighted by atomic mass is 10.1. The van der Waals surface area contributed by atoms with Crippen molar-refractivity contribution in [1.82, 2.24) is 10.2 Å². The summed E-state index contributed by atoms with van der Waals surface area (Å²) in [5, 5.41) is 3.78. The predicted molar refractivity (Wildman–Crippen MR) is 171 cm³/mol. The van der Waals surface area contributed by atoms with E-state index >= 15 is 0 Å². The first-order chi connectivity index (χ1) is 20.5. The molecule has 43 heavy (non-hydrogen) atoms. The van der Waals surface area contributed by atoms with Gasteiger partial charge >= 0.3 is 0 Å². The predicted octanol–water partition coefficient (Wildman–Crippen LogP) is 6.20. The molecule has 1 fully saturated rings. The number of carbonyl (C=O) groups excluding carboxylic acids is 2. The molecule has 1 aliphatic rings. The van der Waals surface area contributed by atoms with Crippen LogP contribution in [0.4, 0.5) is 5.69 Å². The summed E-state index contributed by atoms with van der Waals surface area (Å²) < 4.78 is 32.8. The second-order valence-corrected chi connectivity index (χ2v) is 13.4. The minimum absolute atomic E-state index is 0.0518. The van der Waals surface area contributed by atoms with Gasteiger partial charge in [0.25, 0.3) is 0 Å². The average Bonchev–Trinajstić information content (AvgIpc) is 3.50. The van der Waals surface area contributed by atoms with Gasteiger partial charge in [-0.2, -0.15) is 0 Å². The monoisotopic (exact) mass is 645 g/mol. The van der Waals surface area contributed by atoms with Crippen molar-refractivity contribution < 1.29 is 22.7 Å². The molecule has 0 saturated heterocycles. The molecule has 0 heterocycles. The fraction of sp³-hybridized carbons (Fsp3) is 0.375. The molecule has 0 unspecified atom stereocenters. The third-order valence-corrected chi connectivity index (χ3v) is 9.36. The van der Waals surface area contributed by atoms with Crippen LogP contribution in [0.5, 0.6) is 5.75 Å². The number of sulfonamides is 1. The molecule has 8 nitrogen and oxygen atoms in total. The topological polar surface area (TPSA) is 96.0 Å². The van der Waals surface area contributed by atoms with Crippen molar-refractivity contribution in [3.05, 3.63) is 94.0 Å². The summed E-state index contributed by atoms with van der Waals surface area (Å²) >= 11 is 12.4. The van der Waals surface area contributed by atoms with E-state index in [1.165, 1.54) is 4.90 Å². The normalized spacial score (nSPS) is 14.2. The third kappa shape index (κ3) is 9.11. The van der Waals surface area contributed by atoms with E-state index in [4.69, 9.17) is 27.9 Å². The molecule has 1 N–H and O–H groups in total. The van der Waals surface area contributed by atoms with Crippen LogP contribution >= 0.6 is 23.2 Å². The van der Waals surface area contributed by atoms with Crippen molar-refractivity contribution in [3.63, 3.8) is 0 Å². The average molecular weight is 647 g/mol. The van der Waals surface area contributed by atoms with Crippen LogP contribution in [0.2, 0.25) is 10.0 Å². The number of ether oxygens (including phenoxy) is 1. The van der Waals surface area contributed by atoms with Crippen LogP contribution in [0, 0.1) is 0 Å². The van der Waals surface area contributed by atoms with Gasteiger partial charge < -0.3 is 15.0 Å². The number of carbonyl (C=O) groups is 2. The molecule has 0 spiro atoms. The van der Waals surface area contributed by atoms with Crippen LogP contribution < -0.4 is 14.4 Å². The van der Waals surface area contributed by atoms with Crippen LogP contribution in [0.1, 0.15) is 50.2 Å². The summed E-state index contributed by atoms with van der Waals surface area (Å²) in [7, 11) is -3.87. The van der Waals surface area contributed by atoms with Gasteiger partial charge in [-0.05, 0) is 66.8 Å². The van der Waals surface area contributed by atoms with Crippen molar-refractivity contribution >= 4 is 50.7 Å². The molecule has 0 radical (unpaired) electrons. The first-order valence-electron chi connectivity index (χ1n) is 14.3. The van der Waals surface area contributed by atoms with Crippen LogP contribution in [0.25, 0.3) is 0 Å². The minimum Gasteiger partial charge on any atom is -0.489 e. The van der Waals surface area contributed by atoms with Crippen molar-refractivity contribution in [2.75, 3.05) is 17.1 Å². The zero-order chi connectivity index (χ0) is 31.0. The van der Waals surface area contributed by atoms with E-state index in [1.54, 1.807) is 42.5 Å². The number of halogens is 2. The molecule has 3 aromatic carbocycles. The Hall–Kier alpha value is -3.27. The maximum atomic E-state index is 14.0. The second-order valence-electron chi connectivity index (χ2n) is 10.7. The largest absolute Gasteiger partial charge is 0.489 e. The molecule has 230 valence electrons. The smallest absolute Gasteiger partial charge is 0.244 e. The molecular formula is C32H37Cl2N3O5S. The van der Waals surface area contributed by atoms with Gasteiger partial charge in [0.15, 0.2) is 0 Å². The summed E-state index contributed by atoms with van der Waals surface area (Å²) in [4.78, 5) is 28.8. The first-order valence-corrected chi connectivity index (χ1v) is 16.9. The molecule has 2 amide bonds. The Morgan fingerprint density at radius 1 is 0.953 bits per heavy atom. The summed E-state index contributed by atoms with van der Waals surface area (Å²) in [5.41, 5.74) is 1.97. The summed E-state index contributed by atoms with van der Waals surface area (Å²) in [5.74, 6) is -0.216. The number of hydrogen-bond acceptors (Lipinski definition) is 5. The SMILES string of the molecule is CC[C@@H](C(=O)NC1CCCC1)N(Cc1ccc(Cl)c(Cl)c1)C(=O)CN(c1ccc(OCc2ccccc2)cc1)S(C)(=O)=O. The molecule has 0 aromatic heterocycles. The van der Waals surface area contributed by atoms with E-state index in [0.29, 0.717) is 40.1 Å². The van der Waals surface area contributed by atoms with Crippen LogP contribution in [-0.4, -0.2) is 50.0 Å². The van der Waals surface area contributed by atoms with E-state index in [0.717, 1.165) is 41.8 Å². The van der Waals surface area contributed by atoms with Gasteiger partial charge in [-0.25, -0.2) is 8.42 Å². The van der Waals surface area contributed by atoms with E-state index in [2.05, 4.69) is 5.32 Å². The minimum atomic E-state index is -3.87. The van der Waals surface area contributed by atoms with Gasteiger partial charge in [-0.3, -0.25) is 13.9 Å². The molecule has 4 rings (SSSR count). The summed E-state index contributed by atoms with van der Waals surface area (Å²) in [6.45, 7) is 1.75. The molecule has 1 atom stereocenters. The maximum Gasteiger partial charge on any atom is 0.244 e. The van der Waals surface area contributed by atoms with E-state index in [-0.39, 0.29) is 18.5 Å². The Morgan fingerprint density at radius 3 is 2.23 bits per heavy atom. The lowest BCUT2D eigenvalue weighted by molar-refractivity contribution is -0.140. The van der Waals surface area contributed by atoms with Gasteiger partial charge in [-0.15, -0.1) is 0 Å². The Morgan fingerprint density at radius 2 is 1.63 bits per heavy atom. The molecule has 0 bridgehead atoms. The molecule has 1 aliphatic carbocycles. The Balaban J connectivity index is 1.56. The lowest BCUT2D eigenvalue weighted by Crippen LogP contribution is -2.53. The number of rotatable bonds is 13. The van der Waals surface area contributed by atoms with Crippen molar-refractivity contribution in [2.24, 2.45) is 0 Å². The number of amides is 2. The highest BCUT2D eigenvalue weighted by atomic mass is 35.5. The molecular weight excluding hydrogens is 609 g/mol. The van der Waals surface area contributed by atoms with Gasteiger partial charge in [0.05, 0.1) is 22.0 Å². The number of nitrogens with one attached hydrogen (secondary N) is 1. The Labute approximate surface area is 264 Å². The van der Waals surface area contributed by atoms with E-state index in [9.17, 15) is 18.0 Å². The quantitative estimate of drug-likeness (QED) is 0.239. The first kappa shape index (κ1) is 32.6. The van der Waals surface area contributed by atoms with Gasteiger partial charge in [-0.1, -0.05) is 79.4 Å². The number of anilines is 1. The van der Waals surface area contributed by atoms with Crippen LogP contribution in [0.15, 0.2) is 72.8 Å². The second kappa shape index (κ2) is 14.9. The molecule has 11 heteroatoms. The highest BCUT2D eigenvalue weighted by Gasteiger charge is 2.33. The Bertz CT molecular complexity index is 1500.